The lowest BCUT2D eigenvalue weighted by Gasteiger charge is -2.35. The molecular weight excluding hydrogens is 499 g/mol. The van der Waals surface area contributed by atoms with E-state index in [1.807, 2.05) is 0 Å². The number of ether oxygens (including phenoxy) is 2. The third-order valence-corrected chi connectivity index (χ3v) is 6.66. The average Bonchev–Trinajstić information content (AvgIpc) is 3.35. The molecular formula is C23H24ClFN4O5S. The highest BCUT2D eigenvalue weighted by atomic mass is 35.5. The lowest BCUT2D eigenvalue weighted by Crippen LogP contribution is -2.52. The number of hydrogen-bond acceptors (Lipinski definition) is 9. The number of morpholine rings is 1. The first-order valence-electron chi connectivity index (χ1n) is 10.9. The number of carboxylic acids is 1. The summed E-state index contributed by atoms with van der Waals surface area (Å²) in [7, 11) is 0. The number of thiazole rings is 1. The summed E-state index contributed by atoms with van der Waals surface area (Å²) in [6, 6.07) is 2.41. The molecule has 3 heterocycles. The van der Waals surface area contributed by atoms with Crippen molar-refractivity contribution in [3.05, 3.63) is 62.5 Å². The van der Waals surface area contributed by atoms with Crippen LogP contribution < -0.4 is 5.32 Å². The zero-order valence-corrected chi connectivity index (χ0v) is 20.6. The van der Waals surface area contributed by atoms with Crippen molar-refractivity contribution < 1.29 is 28.6 Å². The van der Waals surface area contributed by atoms with Gasteiger partial charge >= 0.3 is 11.9 Å². The topological polar surface area (TPSA) is 113 Å². The van der Waals surface area contributed by atoms with Gasteiger partial charge in [-0.25, -0.2) is 14.2 Å². The van der Waals surface area contributed by atoms with E-state index in [1.165, 1.54) is 23.5 Å². The number of nitrogens with one attached hydrogen (secondary N) is 1. The van der Waals surface area contributed by atoms with E-state index in [0.29, 0.717) is 29.7 Å². The van der Waals surface area contributed by atoms with Gasteiger partial charge in [-0.2, -0.15) is 0 Å². The molecule has 35 heavy (non-hydrogen) atoms. The first kappa shape index (κ1) is 25.2. The van der Waals surface area contributed by atoms with Gasteiger partial charge in [-0.15, -0.1) is 11.3 Å². The van der Waals surface area contributed by atoms with E-state index in [2.05, 4.69) is 15.3 Å². The van der Waals surface area contributed by atoms with Crippen molar-refractivity contribution >= 4 is 40.7 Å². The number of amidine groups is 1. The Morgan fingerprint density at radius 3 is 2.91 bits per heavy atom. The Hall–Kier alpha value is -2.86. The largest absolute Gasteiger partial charge is 0.480 e. The van der Waals surface area contributed by atoms with Crippen LogP contribution in [0.15, 0.2) is 46.0 Å². The first-order valence-corrected chi connectivity index (χ1v) is 12.2. The molecule has 12 heteroatoms. The second-order valence-corrected chi connectivity index (χ2v) is 9.50. The highest BCUT2D eigenvalue weighted by molar-refractivity contribution is 7.11. The Balaban J connectivity index is 1.85. The molecule has 4 rings (SSSR count). The van der Waals surface area contributed by atoms with Crippen LogP contribution in [0.1, 0.15) is 30.5 Å². The minimum atomic E-state index is -1.04. The number of halogens is 2. The minimum Gasteiger partial charge on any atom is -0.480 e. The number of aliphatic carboxylic acids is 1. The number of esters is 1. The van der Waals surface area contributed by atoms with Crippen molar-refractivity contribution in [1.29, 1.82) is 0 Å². The fourth-order valence-electron chi connectivity index (χ4n) is 3.90. The van der Waals surface area contributed by atoms with Gasteiger partial charge in [0.05, 0.1) is 29.9 Å². The van der Waals surface area contributed by atoms with Gasteiger partial charge in [-0.05, 0) is 19.9 Å². The van der Waals surface area contributed by atoms with Crippen LogP contribution in [0.25, 0.3) is 0 Å². The molecule has 9 nitrogen and oxygen atoms in total. The molecule has 0 spiro atoms. The number of hydrogen-bond donors (Lipinski definition) is 2. The second kappa shape index (κ2) is 10.8. The van der Waals surface area contributed by atoms with Crippen molar-refractivity contribution in [3.63, 3.8) is 0 Å². The molecule has 2 aliphatic rings. The molecule has 0 aliphatic carbocycles. The van der Waals surface area contributed by atoms with E-state index in [0.717, 1.165) is 0 Å². The minimum absolute atomic E-state index is 0.0148. The molecule has 2 atom stereocenters. The van der Waals surface area contributed by atoms with Gasteiger partial charge in [0.1, 0.15) is 17.9 Å². The van der Waals surface area contributed by atoms with Gasteiger partial charge in [-0.3, -0.25) is 14.7 Å². The Morgan fingerprint density at radius 1 is 1.43 bits per heavy atom. The van der Waals surface area contributed by atoms with Crippen molar-refractivity contribution in [2.24, 2.45) is 4.99 Å². The summed E-state index contributed by atoms with van der Waals surface area (Å²) in [6.45, 7) is 4.19. The molecule has 0 radical (unpaired) electrons. The molecule has 2 aliphatic heterocycles. The maximum atomic E-state index is 14.4. The predicted octanol–water partition coefficient (Wildman–Crippen LogP) is 3.02. The molecule has 1 saturated heterocycles. The lowest BCUT2D eigenvalue weighted by molar-refractivity contribution is -0.149. The normalized spacial score (nSPS) is 21.0. The summed E-state index contributed by atoms with van der Waals surface area (Å²) in [5.41, 5.74) is 0.795. The number of nitrogens with zero attached hydrogens (tertiary/aromatic N) is 3. The fraction of sp³-hybridized carbons (Fsp3) is 0.391. The molecule has 186 valence electrons. The van der Waals surface area contributed by atoms with E-state index in [-0.39, 0.29) is 29.3 Å². The third-order valence-electron chi connectivity index (χ3n) is 5.49. The van der Waals surface area contributed by atoms with Gasteiger partial charge < -0.3 is 19.9 Å². The smallest absolute Gasteiger partial charge is 0.338 e. The summed E-state index contributed by atoms with van der Waals surface area (Å²) < 4.78 is 25.3. The quantitative estimate of drug-likeness (QED) is 0.533. The highest BCUT2D eigenvalue weighted by Crippen LogP contribution is 2.37. The van der Waals surface area contributed by atoms with Gasteiger partial charge in [0, 0.05) is 35.9 Å². The van der Waals surface area contributed by atoms with Gasteiger partial charge in [0.25, 0.3) is 0 Å². The highest BCUT2D eigenvalue weighted by Gasteiger charge is 2.37. The second-order valence-electron chi connectivity index (χ2n) is 8.23. The van der Waals surface area contributed by atoms with Crippen LogP contribution in [0.2, 0.25) is 5.02 Å². The maximum absolute atomic E-state index is 14.4. The number of carboxylic acid groups (broad SMARTS) is 1. The lowest BCUT2D eigenvalue weighted by atomic mass is 9.94. The van der Waals surface area contributed by atoms with Crippen LogP contribution in [-0.2, 0) is 19.1 Å². The van der Waals surface area contributed by atoms with E-state index >= 15 is 0 Å². The number of benzene rings is 1. The number of rotatable bonds is 7. The summed E-state index contributed by atoms with van der Waals surface area (Å²) >= 11 is 7.65. The molecule has 0 amide bonds. The molecule has 2 aromatic rings. The zero-order chi connectivity index (χ0) is 25.1. The summed E-state index contributed by atoms with van der Waals surface area (Å²) in [5, 5.41) is 15.0. The van der Waals surface area contributed by atoms with E-state index < -0.39 is 35.9 Å². The van der Waals surface area contributed by atoms with Crippen LogP contribution in [0.3, 0.4) is 0 Å². The number of aromatic nitrogens is 1. The molecule has 0 saturated carbocycles. The molecule has 0 bridgehead atoms. The SMILES string of the molecule is CC(C)OC(=O)C1=C(CN2CCOC[C@H]2C(=O)O)NC(c2nccs2)=N[C@H]1c1cccc(F)c1Cl. The monoisotopic (exact) mass is 522 g/mol. The van der Waals surface area contributed by atoms with Crippen LogP contribution in [0, 0.1) is 5.82 Å². The maximum Gasteiger partial charge on any atom is 0.338 e. The zero-order valence-electron chi connectivity index (χ0n) is 19.0. The molecule has 0 unspecified atom stereocenters. The standard InChI is InChI=1S/C23H24ClFN4O5S/c1-12(2)34-23(32)17-15(10-29-7-8-33-11-16(29)22(30)31)27-20(21-26-6-9-35-21)28-19(17)13-4-3-5-14(25)18(13)24/h3-6,9,12,16,19H,7-8,10-11H2,1-2H3,(H,27,28)(H,30,31)/t16-,19-/m0/s1. The summed E-state index contributed by atoms with van der Waals surface area (Å²) in [4.78, 5) is 35.9. The summed E-state index contributed by atoms with van der Waals surface area (Å²) in [5.74, 6) is -1.98. The van der Waals surface area contributed by atoms with E-state index in [4.69, 9.17) is 21.1 Å². The Morgan fingerprint density at radius 2 is 2.23 bits per heavy atom. The Labute approximate surface area is 210 Å². The average molecular weight is 523 g/mol. The number of aliphatic imine (C=N–C) groups is 1. The van der Waals surface area contributed by atoms with Crippen LogP contribution >= 0.6 is 22.9 Å². The fourth-order valence-corrected chi connectivity index (χ4v) is 4.72. The van der Waals surface area contributed by atoms with Crippen LogP contribution in [0.5, 0.6) is 0 Å². The van der Waals surface area contributed by atoms with Crippen molar-refractivity contribution in [2.45, 2.75) is 32.0 Å². The van der Waals surface area contributed by atoms with E-state index in [9.17, 15) is 19.1 Å². The first-order chi connectivity index (χ1) is 16.8. The molecule has 1 aromatic carbocycles. The summed E-state index contributed by atoms with van der Waals surface area (Å²) in [6.07, 6.45) is 1.18. The van der Waals surface area contributed by atoms with Gasteiger partial charge in [0.2, 0.25) is 0 Å². The van der Waals surface area contributed by atoms with Gasteiger partial charge in [-0.1, -0.05) is 23.7 Å². The van der Waals surface area contributed by atoms with Gasteiger partial charge in [0.15, 0.2) is 10.8 Å². The van der Waals surface area contributed by atoms with Crippen molar-refractivity contribution in [2.75, 3.05) is 26.3 Å². The van der Waals surface area contributed by atoms with Crippen molar-refractivity contribution in [1.82, 2.24) is 15.2 Å². The van der Waals surface area contributed by atoms with E-state index in [1.54, 1.807) is 36.4 Å². The van der Waals surface area contributed by atoms with Crippen LogP contribution in [0.4, 0.5) is 4.39 Å². The molecule has 2 N–H and O–H groups in total. The molecule has 1 aromatic heterocycles. The van der Waals surface area contributed by atoms with Crippen molar-refractivity contribution in [3.8, 4) is 0 Å². The van der Waals surface area contributed by atoms with Crippen LogP contribution in [-0.4, -0.2) is 71.2 Å². The number of carbonyl (C=O) groups excluding carboxylic acids is 1. The number of carbonyl (C=O) groups is 2. The Bertz CT molecular complexity index is 1170. The molecule has 1 fully saturated rings. The predicted molar refractivity (Wildman–Crippen MR) is 128 cm³/mol. The third kappa shape index (κ3) is 5.53. The Kier molecular flexibility index (Phi) is 7.80.